The Balaban J connectivity index is 1.84. The minimum Gasteiger partial charge on any atom is -0.491 e. The topological polar surface area (TPSA) is 75.7 Å². The lowest BCUT2D eigenvalue weighted by Gasteiger charge is -2.30. The number of benzene rings is 1. The molecule has 134 valence electrons. The highest BCUT2D eigenvalue weighted by atomic mass is 32.2. The number of nitrogens with one attached hydrogen (secondary N) is 1. The first-order valence-corrected chi connectivity index (χ1v) is 10.1. The van der Waals surface area contributed by atoms with E-state index in [2.05, 4.69) is 5.32 Å². The van der Waals surface area contributed by atoms with Gasteiger partial charge in [-0.3, -0.25) is 4.79 Å². The van der Waals surface area contributed by atoms with E-state index in [1.54, 1.807) is 0 Å². The lowest BCUT2D eigenvalue weighted by Crippen LogP contribution is -2.47. The van der Waals surface area contributed by atoms with Gasteiger partial charge in [-0.1, -0.05) is 18.2 Å². The lowest BCUT2D eigenvalue weighted by atomic mass is 9.98. The molecule has 7 heteroatoms. The van der Waals surface area contributed by atoms with E-state index in [-0.39, 0.29) is 24.4 Å². The van der Waals surface area contributed by atoms with Crippen molar-refractivity contribution < 1.29 is 17.9 Å². The van der Waals surface area contributed by atoms with Crippen molar-refractivity contribution in [3.63, 3.8) is 0 Å². The Hall–Kier alpha value is -1.60. The maximum Gasteiger partial charge on any atom is 0.224 e. The van der Waals surface area contributed by atoms with Gasteiger partial charge in [-0.2, -0.15) is 0 Å². The summed E-state index contributed by atoms with van der Waals surface area (Å²) < 4.78 is 30.4. The van der Waals surface area contributed by atoms with E-state index in [1.807, 2.05) is 38.1 Å². The molecule has 1 heterocycles. The normalized spacial score (nSPS) is 20.4. The van der Waals surface area contributed by atoms with Crippen LogP contribution in [0.2, 0.25) is 0 Å². The number of para-hydroxylation sites is 1. The van der Waals surface area contributed by atoms with E-state index < -0.39 is 10.0 Å². The van der Waals surface area contributed by atoms with Gasteiger partial charge in [0.15, 0.2) is 0 Å². The van der Waals surface area contributed by atoms with Crippen LogP contribution in [0.5, 0.6) is 5.75 Å². The molecule has 24 heavy (non-hydrogen) atoms. The molecule has 1 saturated heterocycles. The van der Waals surface area contributed by atoms with Gasteiger partial charge in [-0.25, -0.2) is 12.7 Å². The van der Waals surface area contributed by atoms with Crippen molar-refractivity contribution in [3.05, 3.63) is 29.8 Å². The molecule has 1 N–H and O–H groups in total. The molecule has 2 rings (SSSR count). The van der Waals surface area contributed by atoms with Gasteiger partial charge in [0.05, 0.1) is 18.2 Å². The van der Waals surface area contributed by atoms with E-state index in [1.165, 1.54) is 10.6 Å². The molecule has 1 aromatic rings. The summed E-state index contributed by atoms with van der Waals surface area (Å²) in [6, 6.07) is 7.58. The van der Waals surface area contributed by atoms with Crippen LogP contribution < -0.4 is 10.1 Å². The maximum absolute atomic E-state index is 12.4. The lowest BCUT2D eigenvalue weighted by molar-refractivity contribution is -0.126. The van der Waals surface area contributed by atoms with Crippen LogP contribution in [0.25, 0.3) is 0 Å². The molecular weight excluding hydrogens is 328 g/mol. The van der Waals surface area contributed by atoms with Crippen molar-refractivity contribution in [2.75, 3.05) is 26.0 Å². The van der Waals surface area contributed by atoms with Crippen molar-refractivity contribution in [3.8, 4) is 5.75 Å². The minimum absolute atomic E-state index is 0.107. The van der Waals surface area contributed by atoms with E-state index >= 15 is 0 Å². The number of aryl methyl sites for hydroxylation is 1. The molecule has 1 aliphatic heterocycles. The highest BCUT2D eigenvalue weighted by Crippen LogP contribution is 2.19. The number of sulfonamides is 1. The molecule has 0 spiro atoms. The van der Waals surface area contributed by atoms with Gasteiger partial charge in [0, 0.05) is 13.1 Å². The number of nitrogens with zero attached hydrogens (tertiary/aromatic N) is 1. The highest BCUT2D eigenvalue weighted by Gasteiger charge is 2.30. The summed E-state index contributed by atoms with van der Waals surface area (Å²) in [7, 11) is -3.24. The van der Waals surface area contributed by atoms with E-state index in [4.69, 9.17) is 4.74 Å². The second-order valence-corrected chi connectivity index (χ2v) is 8.43. The third kappa shape index (κ3) is 5.21. The van der Waals surface area contributed by atoms with Crippen LogP contribution in [0.1, 0.15) is 25.3 Å². The number of carbonyl (C=O) groups excluding carboxylic acids is 1. The van der Waals surface area contributed by atoms with Crippen LogP contribution in [-0.2, 0) is 14.8 Å². The number of rotatable bonds is 6. The summed E-state index contributed by atoms with van der Waals surface area (Å²) >= 11 is 0. The average Bonchev–Trinajstić information content (AvgIpc) is 2.53. The maximum atomic E-state index is 12.4. The molecule has 0 bridgehead atoms. The zero-order valence-corrected chi connectivity index (χ0v) is 15.3. The molecule has 6 nitrogen and oxygen atoms in total. The molecule has 0 aliphatic carbocycles. The van der Waals surface area contributed by atoms with Crippen LogP contribution in [0.15, 0.2) is 24.3 Å². The number of piperidine rings is 1. The van der Waals surface area contributed by atoms with Crippen molar-refractivity contribution in [2.24, 2.45) is 5.92 Å². The average molecular weight is 354 g/mol. The number of hydrogen-bond acceptors (Lipinski definition) is 4. The van der Waals surface area contributed by atoms with E-state index in [9.17, 15) is 13.2 Å². The molecule has 1 aromatic carbocycles. The van der Waals surface area contributed by atoms with Gasteiger partial charge in [0.1, 0.15) is 12.4 Å². The SMILES string of the molecule is Cc1ccccc1OC[C@H](C)NC(=O)[C@@H]1CCCN(S(C)(=O)=O)C1. The van der Waals surface area contributed by atoms with Gasteiger partial charge in [0.25, 0.3) is 0 Å². The number of amides is 1. The minimum atomic E-state index is -3.24. The first-order chi connectivity index (χ1) is 11.3. The van der Waals surface area contributed by atoms with Crippen LogP contribution in [0, 0.1) is 12.8 Å². The quantitative estimate of drug-likeness (QED) is 0.841. The van der Waals surface area contributed by atoms with Crippen LogP contribution in [0.3, 0.4) is 0 Å². The molecule has 0 saturated carbocycles. The predicted molar refractivity (Wildman–Crippen MR) is 93.4 cm³/mol. The van der Waals surface area contributed by atoms with Gasteiger partial charge in [0.2, 0.25) is 15.9 Å². The second-order valence-electron chi connectivity index (χ2n) is 6.45. The summed E-state index contributed by atoms with van der Waals surface area (Å²) in [4.78, 5) is 12.4. The fourth-order valence-corrected chi connectivity index (χ4v) is 3.70. The van der Waals surface area contributed by atoms with E-state index in [0.29, 0.717) is 26.0 Å². The highest BCUT2D eigenvalue weighted by molar-refractivity contribution is 7.88. The van der Waals surface area contributed by atoms with Crippen molar-refractivity contribution in [2.45, 2.75) is 32.7 Å². The van der Waals surface area contributed by atoms with Gasteiger partial charge < -0.3 is 10.1 Å². The zero-order chi connectivity index (χ0) is 17.7. The molecule has 0 unspecified atom stereocenters. The van der Waals surface area contributed by atoms with Crippen LogP contribution in [-0.4, -0.2) is 50.6 Å². The Morgan fingerprint density at radius 3 is 2.79 bits per heavy atom. The molecule has 1 amide bonds. The first kappa shape index (κ1) is 18.7. The molecule has 0 aromatic heterocycles. The predicted octanol–water partition coefficient (Wildman–Crippen LogP) is 1.55. The Morgan fingerprint density at radius 2 is 2.12 bits per heavy atom. The van der Waals surface area contributed by atoms with Gasteiger partial charge in [-0.15, -0.1) is 0 Å². The van der Waals surface area contributed by atoms with Gasteiger partial charge in [-0.05, 0) is 38.3 Å². The van der Waals surface area contributed by atoms with Crippen LogP contribution >= 0.6 is 0 Å². The fraction of sp³-hybridized carbons (Fsp3) is 0.588. The smallest absolute Gasteiger partial charge is 0.224 e. The Kier molecular flexibility index (Phi) is 6.23. The van der Waals surface area contributed by atoms with Crippen LogP contribution in [0.4, 0.5) is 0 Å². The molecule has 1 fully saturated rings. The zero-order valence-electron chi connectivity index (χ0n) is 14.5. The summed E-state index contributed by atoms with van der Waals surface area (Å²) in [5.41, 5.74) is 1.05. The van der Waals surface area contributed by atoms with Crippen molar-refractivity contribution in [1.82, 2.24) is 9.62 Å². The van der Waals surface area contributed by atoms with Crippen molar-refractivity contribution >= 4 is 15.9 Å². The van der Waals surface area contributed by atoms with E-state index in [0.717, 1.165) is 11.3 Å². The summed E-state index contributed by atoms with van der Waals surface area (Å²) in [5.74, 6) is 0.401. The largest absolute Gasteiger partial charge is 0.491 e. The summed E-state index contributed by atoms with van der Waals surface area (Å²) in [6.07, 6.45) is 2.61. The summed E-state index contributed by atoms with van der Waals surface area (Å²) in [5, 5.41) is 2.93. The number of carbonyl (C=O) groups is 1. The van der Waals surface area contributed by atoms with Gasteiger partial charge >= 0.3 is 0 Å². The number of hydrogen-bond donors (Lipinski definition) is 1. The third-order valence-electron chi connectivity index (χ3n) is 4.20. The molecule has 2 atom stereocenters. The Labute approximate surface area is 144 Å². The van der Waals surface area contributed by atoms with Crippen molar-refractivity contribution in [1.29, 1.82) is 0 Å². The first-order valence-electron chi connectivity index (χ1n) is 8.21. The molecule has 1 aliphatic rings. The third-order valence-corrected chi connectivity index (χ3v) is 5.46. The monoisotopic (exact) mass is 354 g/mol. The standard InChI is InChI=1S/C17H26N2O4S/c1-13-7-4-5-9-16(13)23-12-14(2)18-17(20)15-8-6-10-19(11-15)24(3,21)22/h4-5,7,9,14-15H,6,8,10-12H2,1-3H3,(H,18,20)/t14-,15+/m0/s1. The number of ether oxygens (including phenoxy) is 1. The molecule has 0 radical (unpaired) electrons. The molecular formula is C17H26N2O4S. The summed E-state index contributed by atoms with van der Waals surface area (Å²) in [6.45, 7) is 4.98. The second kappa shape index (κ2) is 7.98. The Morgan fingerprint density at radius 1 is 1.42 bits per heavy atom. The fourth-order valence-electron chi connectivity index (χ4n) is 2.79. The Bertz CT molecular complexity index is 675.